The monoisotopic (exact) mass is 575 g/mol. The van der Waals surface area contributed by atoms with Crippen molar-refractivity contribution >= 4 is 5.69 Å². The summed E-state index contributed by atoms with van der Waals surface area (Å²) in [6.45, 7) is 11.6. The highest BCUT2D eigenvalue weighted by Gasteiger charge is 2.28. The fourth-order valence-electron chi connectivity index (χ4n) is 6.21. The Morgan fingerprint density at radius 1 is 0.976 bits per heavy atom. The first-order chi connectivity index (χ1) is 20.2. The first-order valence-electron chi connectivity index (χ1n) is 15.3. The van der Waals surface area contributed by atoms with Crippen LogP contribution in [0.1, 0.15) is 60.6 Å². The molecule has 0 atom stereocenters. The molecule has 0 spiro atoms. The summed E-state index contributed by atoms with van der Waals surface area (Å²) < 4.78 is 10.8. The normalized spacial score (nSPS) is 17.0. The maximum Gasteiger partial charge on any atom is 0.252 e. The van der Waals surface area contributed by atoms with Crippen LogP contribution in [0, 0.1) is 20.8 Å². The van der Waals surface area contributed by atoms with Crippen molar-refractivity contribution in [2.45, 2.75) is 78.6 Å². The van der Waals surface area contributed by atoms with Crippen LogP contribution in [-0.2, 0) is 17.8 Å². The average molecular weight is 576 g/mol. The maximum absolute atomic E-state index is 12.6. The lowest BCUT2D eigenvalue weighted by molar-refractivity contribution is 0.144. The van der Waals surface area contributed by atoms with Crippen LogP contribution < -0.4 is 20.5 Å². The third-order valence-electron chi connectivity index (χ3n) is 8.69. The number of aromatic amines is 1. The Morgan fingerprint density at radius 2 is 1.71 bits per heavy atom. The summed E-state index contributed by atoms with van der Waals surface area (Å²) in [7, 11) is 6.06. The standard InChI is InChI=1S/C34H49N5O3/c1-8-39(30-12-10-29(11-13-30)38(5)6)32-19-27(26-9-14-33(36-21-26)42-16-15-41-7)18-28(25(32)4)20-35-22-31-23(2)17-24(3)37-34(31)40/h9,14,17-19,21,29-30,35H,8,10-13,15-16,20,22H2,1-7H3,(H,37,40). The fraction of sp³-hybridized carbons (Fsp3) is 0.529. The highest BCUT2D eigenvalue weighted by atomic mass is 16.5. The van der Waals surface area contributed by atoms with Crippen molar-refractivity contribution < 1.29 is 9.47 Å². The van der Waals surface area contributed by atoms with E-state index in [0.717, 1.165) is 34.5 Å². The molecule has 1 fully saturated rings. The van der Waals surface area contributed by atoms with Crippen LogP contribution in [0.25, 0.3) is 11.1 Å². The molecule has 228 valence electrons. The Bertz CT molecular complexity index is 1360. The predicted molar refractivity (Wildman–Crippen MR) is 172 cm³/mol. The van der Waals surface area contributed by atoms with Gasteiger partial charge in [-0.15, -0.1) is 0 Å². The van der Waals surface area contributed by atoms with E-state index < -0.39 is 0 Å². The fourth-order valence-corrected chi connectivity index (χ4v) is 6.21. The molecule has 8 heteroatoms. The molecule has 2 heterocycles. The van der Waals surface area contributed by atoms with Gasteiger partial charge in [-0.3, -0.25) is 4.79 Å². The number of nitrogens with one attached hydrogen (secondary N) is 2. The van der Waals surface area contributed by atoms with Gasteiger partial charge in [0.05, 0.1) is 6.61 Å². The van der Waals surface area contributed by atoms with Gasteiger partial charge in [0.2, 0.25) is 5.88 Å². The number of methoxy groups -OCH3 is 1. The molecule has 0 unspecified atom stereocenters. The zero-order valence-electron chi connectivity index (χ0n) is 26.5. The van der Waals surface area contributed by atoms with Gasteiger partial charge in [0.15, 0.2) is 0 Å². The average Bonchev–Trinajstić information content (AvgIpc) is 2.97. The third kappa shape index (κ3) is 7.79. The molecule has 0 amide bonds. The van der Waals surface area contributed by atoms with Crippen molar-refractivity contribution in [2.75, 3.05) is 45.9 Å². The molecule has 8 nitrogen and oxygen atoms in total. The topological polar surface area (TPSA) is 82.7 Å². The molecule has 3 aromatic rings. The molecule has 2 N–H and O–H groups in total. The minimum absolute atomic E-state index is 0.0180. The number of anilines is 1. The number of benzene rings is 1. The van der Waals surface area contributed by atoms with Crippen molar-refractivity contribution in [1.82, 2.24) is 20.2 Å². The molecular weight excluding hydrogens is 526 g/mol. The molecule has 4 rings (SSSR count). The number of H-pyrrole nitrogens is 1. The van der Waals surface area contributed by atoms with E-state index in [2.05, 4.69) is 71.2 Å². The number of hydrogen-bond donors (Lipinski definition) is 2. The molecule has 0 bridgehead atoms. The number of rotatable bonds is 13. The van der Waals surface area contributed by atoms with Crippen molar-refractivity contribution in [2.24, 2.45) is 0 Å². The number of pyridine rings is 2. The van der Waals surface area contributed by atoms with Crippen molar-refractivity contribution in [1.29, 1.82) is 0 Å². The van der Waals surface area contributed by atoms with E-state index in [1.54, 1.807) is 7.11 Å². The van der Waals surface area contributed by atoms with E-state index in [-0.39, 0.29) is 5.56 Å². The van der Waals surface area contributed by atoms with Gasteiger partial charge in [0, 0.05) is 73.6 Å². The molecule has 0 radical (unpaired) electrons. The van der Waals surface area contributed by atoms with Gasteiger partial charge in [0.25, 0.3) is 5.56 Å². The van der Waals surface area contributed by atoms with E-state index in [0.29, 0.717) is 44.3 Å². The Hall–Kier alpha value is -3.20. The second-order valence-corrected chi connectivity index (χ2v) is 11.8. The molecular formula is C34H49N5O3. The van der Waals surface area contributed by atoms with Crippen LogP contribution in [0.2, 0.25) is 0 Å². The first kappa shape index (κ1) is 31.7. The van der Waals surface area contributed by atoms with Crippen molar-refractivity contribution in [3.8, 4) is 17.0 Å². The lowest BCUT2D eigenvalue weighted by Gasteiger charge is -2.40. The van der Waals surface area contributed by atoms with Crippen LogP contribution in [0.3, 0.4) is 0 Å². The second-order valence-electron chi connectivity index (χ2n) is 11.8. The zero-order chi connectivity index (χ0) is 30.2. The van der Waals surface area contributed by atoms with E-state index in [4.69, 9.17) is 9.47 Å². The predicted octanol–water partition coefficient (Wildman–Crippen LogP) is 5.38. The van der Waals surface area contributed by atoms with Gasteiger partial charge in [-0.1, -0.05) is 0 Å². The molecule has 1 saturated carbocycles. The smallest absolute Gasteiger partial charge is 0.252 e. The van der Waals surface area contributed by atoms with Gasteiger partial charge < -0.3 is 29.6 Å². The number of nitrogens with zero attached hydrogens (tertiary/aromatic N) is 3. The van der Waals surface area contributed by atoms with Gasteiger partial charge >= 0.3 is 0 Å². The van der Waals surface area contributed by atoms with Gasteiger partial charge in [-0.05, 0) is 114 Å². The summed E-state index contributed by atoms with van der Waals surface area (Å²) in [5.74, 6) is 0.594. The maximum atomic E-state index is 12.6. The van der Waals surface area contributed by atoms with Crippen LogP contribution in [0.15, 0.2) is 41.3 Å². The summed E-state index contributed by atoms with van der Waals surface area (Å²) in [6, 6.07) is 11.8. The van der Waals surface area contributed by atoms with Crippen LogP contribution in [0.4, 0.5) is 5.69 Å². The summed E-state index contributed by atoms with van der Waals surface area (Å²) in [6.07, 6.45) is 6.72. The molecule has 42 heavy (non-hydrogen) atoms. The Labute approximate surface area is 251 Å². The van der Waals surface area contributed by atoms with E-state index in [1.165, 1.54) is 42.5 Å². The van der Waals surface area contributed by atoms with Crippen molar-refractivity contribution in [3.63, 3.8) is 0 Å². The third-order valence-corrected chi connectivity index (χ3v) is 8.69. The summed E-state index contributed by atoms with van der Waals surface area (Å²) in [5, 5.41) is 3.57. The minimum Gasteiger partial charge on any atom is -0.475 e. The summed E-state index contributed by atoms with van der Waals surface area (Å²) >= 11 is 0. The Balaban J connectivity index is 1.63. The van der Waals surface area contributed by atoms with Crippen LogP contribution in [-0.4, -0.2) is 67.9 Å². The highest BCUT2D eigenvalue weighted by Crippen LogP contribution is 2.35. The van der Waals surface area contributed by atoms with Crippen LogP contribution in [0.5, 0.6) is 5.88 Å². The number of hydrogen-bond acceptors (Lipinski definition) is 7. The minimum atomic E-state index is -0.0180. The van der Waals surface area contributed by atoms with Crippen molar-refractivity contribution in [3.05, 3.63) is 74.8 Å². The Morgan fingerprint density at radius 3 is 2.33 bits per heavy atom. The van der Waals surface area contributed by atoms with E-state index >= 15 is 0 Å². The lowest BCUT2D eigenvalue weighted by atomic mass is 9.88. The van der Waals surface area contributed by atoms with Crippen LogP contribution >= 0.6 is 0 Å². The summed E-state index contributed by atoms with van der Waals surface area (Å²) in [4.78, 5) is 25.1. The second kappa shape index (κ2) is 14.8. The molecule has 0 saturated heterocycles. The van der Waals surface area contributed by atoms with E-state index in [9.17, 15) is 4.79 Å². The molecule has 1 aliphatic rings. The number of aryl methyl sites for hydroxylation is 2. The quantitative estimate of drug-likeness (QED) is 0.265. The number of aromatic nitrogens is 2. The SMILES string of the molecule is CCN(c1cc(-c2ccc(OCCOC)nc2)cc(CNCc2c(C)cc(C)[nH]c2=O)c1C)C1CCC(N(C)C)CC1. The van der Waals surface area contributed by atoms with Gasteiger partial charge in [-0.2, -0.15) is 0 Å². The largest absolute Gasteiger partial charge is 0.475 e. The molecule has 2 aromatic heterocycles. The van der Waals surface area contributed by atoms with Gasteiger partial charge in [0.1, 0.15) is 6.61 Å². The molecule has 1 aromatic carbocycles. The molecule has 0 aliphatic heterocycles. The first-order valence-corrected chi connectivity index (χ1v) is 15.3. The highest BCUT2D eigenvalue weighted by molar-refractivity contribution is 5.72. The Kier molecular flexibility index (Phi) is 11.2. The van der Waals surface area contributed by atoms with E-state index in [1.807, 2.05) is 32.2 Å². The lowest BCUT2D eigenvalue weighted by Crippen LogP contribution is -2.42. The zero-order valence-corrected chi connectivity index (χ0v) is 26.5. The number of ether oxygens (including phenoxy) is 2. The molecule has 1 aliphatic carbocycles. The van der Waals surface area contributed by atoms with Gasteiger partial charge in [-0.25, -0.2) is 4.98 Å². The summed E-state index contributed by atoms with van der Waals surface area (Å²) in [5.41, 5.74) is 8.64.